The monoisotopic (exact) mass is 177 g/mol. The van der Waals surface area contributed by atoms with Crippen LogP contribution in [-0.2, 0) is 5.41 Å². The Morgan fingerprint density at radius 2 is 1.92 bits per heavy atom. The summed E-state index contributed by atoms with van der Waals surface area (Å²) < 4.78 is 5.10. The van der Waals surface area contributed by atoms with Crippen molar-refractivity contribution in [2.24, 2.45) is 5.73 Å². The van der Waals surface area contributed by atoms with E-state index in [1.807, 2.05) is 12.1 Å². The number of hydrogen-bond donors (Lipinski definition) is 1. The van der Waals surface area contributed by atoms with Crippen molar-refractivity contribution in [3.8, 4) is 5.75 Å². The van der Waals surface area contributed by atoms with Gasteiger partial charge in [-0.15, -0.1) is 0 Å². The van der Waals surface area contributed by atoms with Gasteiger partial charge in [-0.25, -0.2) is 0 Å². The van der Waals surface area contributed by atoms with E-state index in [9.17, 15) is 0 Å². The maximum absolute atomic E-state index is 5.87. The molecule has 0 bridgehead atoms. The van der Waals surface area contributed by atoms with Crippen molar-refractivity contribution < 1.29 is 4.74 Å². The van der Waals surface area contributed by atoms with Gasteiger partial charge in [0, 0.05) is 11.5 Å². The fourth-order valence-electron chi connectivity index (χ4n) is 1.70. The third-order valence-electron chi connectivity index (χ3n) is 3.05. The Hall–Kier alpha value is -1.02. The Bertz CT molecular complexity index is 306. The van der Waals surface area contributed by atoms with Crippen molar-refractivity contribution >= 4 is 0 Å². The van der Waals surface area contributed by atoms with Gasteiger partial charge in [-0.05, 0) is 24.1 Å². The van der Waals surface area contributed by atoms with E-state index in [1.165, 1.54) is 5.56 Å². The Morgan fingerprint density at radius 3 is 2.31 bits per heavy atom. The van der Waals surface area contributed by atoms with Gasteiger partial charge < -0.3 is 10.5 Å². The van der Waals surface area contributed by atoms with E-state index in [1.54, 1.807) is 7.11 Å². The molecular weight excluding hydrogens is 162 g/mol. The maximum atomic E-state index is 5.87. The molecule has 2 rings (SSSR count). The van der Waals surface area contributed by atoms with Crippen LogP contribution in [0.15, 0.2) is 24.3 Å². The van der Waals surface area contributed by atoms with Crippen LogP contribution in [0.25, 0.3) is 0 Å². The van der Waals surface area contributed by atoms with Crippen LogP contribution in [0.1, 0.15) is 18.9 Å². The van der Waals surface area contributed by atoms with Gasteiger partial charge in [-0.2, -0.15) is 0 Å². The highest BCUT2D eigenvalue weighted by Crippen LogP contribution is 2.46. The first-order valence-corrected chi connectivity index (χ1v) is 4.57. The average molecular weight is 177 g/mol. The zero-order chi connectivity index (χ0) is 9.47. The van der Waals surface area contributed by atoms with Gasteiger partial charge in [-0.1, -0.05) is 19.1 Å². The molecule has 1 fully saturated rings. The summed E-state index contributed by atoms with van der Waals surface area (Å²) in [5.41, 5.74) is 7.41. The summed E-state index contributed by atoms with van der Waals surface area (Å²) >= 11 is 0. The third-order valence-corrected chi connectivity index (χ3v) is 3.05. The molecule has 70 valence electrons. The van der Waals surface area contributed by atoms with E-state index in [0.29, 0.717) is 6.04 Å². The zero-order valence-electron chi connectivity index (χ0n) is 8.08. The highest BCUT2D eigenvalue weighted by molar-refractivity contribution is 5.38. The van der Waals surface area contributed by atoms with Crippen LogP contribution in [-0.4, -0.2) is 13.2 Å². The Kier molecular flexibility index (Phi) is 1.81. The standard InChI is InChI=1S/C11H15NO/c1-11(7-10(11)12)8-3-5-9(13-2)6-4-8/h3-6,10H,7,12H2,1-2H3/t10-,11?/m1/s1. The second-order valence-electron chi connectivity index (χ2n) is 3.96. The molecule has 1 saturated carbocycles. The van der Waals surface area contributed by atoms with E-state index in [2.05, 4.69) is 19.1 Å². The van der Waals surface area contributed by atoms with Crippen molar-refractivity contribution in [1.29, 1.82) is 0 Å². The summed E-state index contributed by atoms with van der Waals surface area (Å²) in [5.74, 6) is 0.904. The molecule has 2 atom stereocenters. The molecule has 1 unspecified atom stereocenters. The smallest absolute Gasteiger partial charge is 0.118 e. The van der Waals surface area contributed by atoms with Crippen molar-refractivity contribution in [3.05, 3.63) is 29.8 Å². The van der Waals surface area contributed by atoms with E-state index < -0.39 is 0 Å². The van der Waals surface area contributed by atoms with Crippen LogP contribution in [0.3, 0.4) is 0 Å². The van der Waals surface area contributed by atoms with Crippen LogP contribution < -0.4 is 10.5 Å². The summed E-state index contributed by atoms with van der Waals surface area (Å²) in [7, 11) is 1.68. The van der Waals surface area contributed by atoms with E-state index in [0.717, 1.165) is 12.2 Å². The predicted octanol–water partition coefficient (Wildman–Crippen LogP) is 1.68. The Morgan fingerprint density at radius 1 is 1.38 bits per heavy atom. The quantitative estimate of drug-likeness (QED) is 0.746. The topological polar surface area (TPSA) is 35.2 Å². The summed E-state index contributed by atoms with van der Waals surface area (Å²) in [6.07, 6.45) is 1.10. The Balaban J connectivity index is 2.24. The molecule has 0 heterocycles. The van der Waals surface area contributed by atoms with E-state index in [4.69, 9.17) is 10.5 Å². The molecule has 2 N–H and O–H groups in total. The van der Waals surface area contributed by atoms with Crippen LogP contribution in [0, 0.1) is 0 Å². The van der Waals surface area contributed by atoms with E-state index >= 15 is 0 Å². The first kappa shape index (κ1) is 8.57. The lowest BCUT2D eigenvalue weighted by Crippen LogP contribution is -2.14. The molecule has 1 aromatic carbocycles. The lowest BCUT2D eigenvalue weighted by molar-refractivity contribution is 0.414. The minimum absolute atomic E-state index is 0.215. The highest BCUT2D eigenvalue weighted by Gasteiger charge is 2.48. The molecule has 1 aromatic rings. The van der Waals surface area contributed by atoms with Gasteiger partial charge in [0.05, 0.1) is 7.11 Å². The van der Waals surface area contributed by atoms with Crippen LogP contribution in [0.5, 0.6) is 5.75 Å². The predicted molar refractivity (Wildman–Crippen MR) is 52.9 cm³/mol. The van der Waals surface area contributed by atoms with Crippen LogP contribution in [0.2, 0.25) is 0 Å². The van der Waals surface area contributed by atoms with Gasteiger partial charge in [0.1, 0.15) is 5.75 Å². The third kappa shape index (κ3) is 1.31. The largest absolute Gasteiger partial charge is 0.497 e. The number of hydrogen-bond acceptors (Lipinski definition) is 2. The fourth-order valence-corrected chi connectivity index (χ4v) is 1.70. The van der Waals surface area contributed by atoms with Crippen molar-refractivity contribution in [2.45, 2.75) is 24.8 Å². The number of ether oxygens (including phenoxy) is 1. The molecule has 1 aliphatic carbocycles. The van der Waals surface area contributed by atoms with Gasteiger partial charge in [0.15, 0.2) is 0 Å². The van der Waals surface area contributed by atoms with Gasteiger partial charge in [0.2, 0.25) is 0 Å². The SMILES string of the molecule is COc1ccc(C2(C)C[C@H]2N)cc1. The van der Waals surface area contributed by atoms with Gasteiger partial charge >= 0.3 is 0 Å². The number of nitrogens with two attached hydrogens (primary N) is 1. The molecule has 0 aliphatic heterocycles. The minimum Gasteiger partial charge on any atom is -0.497 e. The summed E-state index contributed by atoms with van der Waals surface area (Å²) in [5, 5.41) is 0. The van der Waals surface area contributed by atoms with Crippen LogP contribution in [0.4, 0.5) is 0 Å². The van der Waals surface area contributed by atoms with Crippen molar-refractivity contribution in [1.82, 2.24) is 0 Å². The summed E-state index contributed by atoms with van der Waals surface area (Å²) in [6, 6.07) is 8.52. The van der Waals surface area contributed by atoms with Crippen molar-refractivity contribution in [3.63, 3.8) is 0 Å². The van der Waals surface area contributed by atoms with Gasteiger partial charge in [0.25, 0.3) is 0 Å². The van der Waals surface area contributed by atoms with Crippen molar-refractivity contribution in [2.75, 3.05) is 7.11 Å². The first-order chi connectivity index (χ1) is 6.16. The molecule has 13 heavy (non-hydrogen) atoms. The molecule has 2 heteroatoms. The molecule has 2 nitrogen and oxygen atoms in total. The lowest BCUT2D eigenvalue weighted by Gasteiger charge is -2.10. The zero-order valence-corrected chi connectivity index (χ0v) is 8.08. The molecule has 1 aliphatic rings. The first-order valence-electron chi connectivity index (χ1n) is 4.57. The summed E-state index contributed by atoms with van der Waals surface area (Å²) in [6.45, 7) is 2.21. The molecule has 0 aromatic heterocycles. The second-order valence-corrected chi connectivity index (χ2v) is 3.96. The number of rotatable bonds is 2. The molecule has 0 amide bonds. The lowest BCUT2D eigenvalue weighted by atomic mass is 9.97. The maximum Gasteiger partial charge on any atom is 0.118 e. The Labute approximate surface area is 78.7 Å². The molecule has 0 spiro atoms. The molecular formula is C11H15NO. The van der Waals surface area contributed by atoms with E-state index in [-0.39, 0.29) is 5.41 Å². The number of methoxy groups -OCH3 is 1. The van der Waals surface area contributed by atoms with Crippen LogP contribution >= 0.6 is 0 Å². The molecule has 0 saturated heterocycles. The van der Waals surface area contributed by atoms with Gasteiger partial charge in [-0.3, -0.25) is 0 Å². The normalized spacial score (nSPS) is 31.5. The summed E-state index contributed by atoms with van der Waals surface area (Å²) in [4.78, 5) is 0. The second kappa shape index (κ2) is 2.74. The minimum atomic E-state index is 0.215. The molecule has 0 radical (unpaired) electrons. The number of benzene rings is 1. The average Bonchev–Trinajstić information content (AvgIpc) is 2.76. The fraction of sp³-hybridized carbons (Fsp3) is 0.455. The highest BCUT2D eigenvalue weighted by atomic mass is 16.5.